The lowest BCUT2D eigenvalue weighted by Crippen LogP contribution is -2.09. The highest BCUT2D eigenvalue weighted by Crippen LogP contribution is 2.21. The molecule has 24 heavy (non-hydrogen) atoms. The van der Waals surface area contributed by atoms with Gasteiger partial charge in [0.05, 0.1) is 5.39 Å². The zero-order valence-corrected chi connectivity index (χ0v) is 13.6. The lowest BCUT2D eigenvalue weighted by Gasteiger charge is -2.00. The first-order valence-corrected chi connectivity index (χ1v) is 8.26. The zero-order chi connectivity index (χ0) is 16.5. The van der Waals surface area contributed by atoms with E-state index in [4.69, 9.17) is 4.42 Å². The van der Waals surface area contributed by atoms with E-state index in [0.29, 0.717) is 22.8 Å². The number of benzene rings is 1. The van der Waals surface area contributed by atoms with Crippen LogP contribution in [0.2, 0.25) is 0 Å². The van der Waals surface area contributed by atoms with Gasteiger partial charge in [0, 0.05) is 5.56 Å². The van der Waals surface area contributed by atoms with E-state index in [0.717, 1.165) is 16.0 Å². The minimum atomic E-state index is -0.130. The molecule has 3 heterocycles. The van der Waals surface area contributed by atoms with Crippen LogP contribution in [-0.4, -0.2) is 15.0 Å². The molecule has 1 N–H and O–H groups in total. The van der Waals surface area contributed by atoms with Crippen LogP contribution in [0.15, 0.2) is 57.3 Å². The molecule has 0 saturated heterocycles. The summed E-state index contributed by atoms with van der Waals surface area (Å²) < 4.78 is 5.52. The number of hydrogen-bond donors (Lipinski definition) is 1. The third kappa shape index (κ3) is 2.68. The van der Waals surface area contributed by atoms with Gasteiger partial charge in [-0.25, -0.2) is 9.97 Å². The van der Waals surface area contributed by atoms with Gasteiger partial charge in [-0.05, 0) is 42.2 Å². The number of aromatic amines is 1. The number of hydrogen-bond acceptors (Lipinski definition) is 5. The predicted molar refractivity (Wildman–Crippen MR) is 95.7 cm³/mol. The highest BCUT2D eigenvalue weighted by atomic mass is 32.1. The van der Waals surface area contributed by atoms with Gasteiger partial charge in [-0.2, -0.15) is 0 Å². The molecule has 0 aliphatic rings. The van der Waals surface area contributed by atoms with Crippen molar-refractivity contribution in [2.24, 2.45) is 0 Å². The van der Waals surface area contributed by atoms with Gasteiger partial charge < -0.3 is 9.40 Å². The van der Waals surface area contributed by atoms with Crippen LogP contribution in [0.4, 0.5) is 0 Å². The summed E-state index contributed by atoms with van der Waals surface area (Å²) in [6.45, 7) is 1.88. The first kappa shape index (κ1) is 14.6. The van der Waals surface area contributed by atoms with Gasteiger partial charge in [-0.15, -0.1) is 11.3 Å². The number of nitrogens with zero attached hydrogens (tertiary/aromatic N) is 2. The Kier molecular flexibility index (Phi) is 3.59. The van der Waals surface area contributed by atoms with Crippen LogP contribution in [0.5, 0.6) is 0 Å². The zero-order valence-electron chi connectivity index (χ0n) is 12.8. The molecule has 0 aliphatic carbocycles. The van der Waals surface area contributed by atoms with E-state index in [1.165, 1.54) is 11.3 Å². The summed E-state index contributed by atoms with van der Waals surface area (Å²) in [5.74, 6) is 1.10. The van der Waals surface area contributed by atoms with Crippen molar-refractivity contribution in [3.8, 4) is 11.5 Å². The van der Waals surface area contributed by atoms with Gasteiger partial charge in [-0.3, -0.25) is 4.79 Å². The van der Waals surface area contributed by atoms with Gasteiger partial charge in [-0.1, -0.05) is 18.2 Å². The molecule has 0 radical (unpaired) electrons. The molecular formula is C18H13N3O2S. The lowest BCUT2D eigenvalue weighted by atomic mass is 10.2. The number of fused-ring (bicyclic) bond motifs is 1. The van der Waals surface area contributed by atoms with E-state index >= 15 is 0 Å². The van der Waals surface area contributed by atoms with Crippen LogP contribution >= 0.6 is 11.3 Å². The van der Waals surface area contributed by atoms with Crippen molar-refractivity contribution in [2.45, 2.75) is 6.92 Å². The van der Waals surface area contributed by atoms with E-state index in [1.807, 2.05) is 48.7 Å². The number of rotatable bonds is 3. The summed E-state index contributed by atoms with van der Waals surface area (Å²) >= 11 is 1.45. The van der Waals surface area contributed by atoms with Gasteiger partial charge in [0.15, 0.2) is 0 Å². The minimum absolute atomic E-state index is 0.130. The van der Waals surface area contributed by atoms with E-state index in [9.17, 15) is 4.79 Å². The monoisotopic (exact) mass is 335 g/mol. The first-order valence-electron chi connectivity index (χ1n) is 7.38. The molecule has 118 valence electrons. The molecule has 3 aromatic heterocycles. The number of aromatic nitrogens is 3. The third-order valence-corrected chi connectivity index (χ3v) is 4.42. The van der Waals surface area contributed by atoms with E-state index in [2.05, 4.69) is 15.0 Å². The van der Waals surface area contributed by atoms with Gasteiger partial charge in [0.25, 0.3) is 5.56 Å². The Hall–Kier alpha value is -2.99. The molecule has 0 unspecified atom stereocenters. The van der Waals surface area contributed by atoms with Crippen molar-refractivity contribution in [3.05, 3.63) is 69.9 Å². The van der Waals surface area contributed by atoms with Gasteiger partial charge >= 0.3 is 0 Å². The number of allylic oxidation sites excluding steroid dienone is 1. The number of nitrogens with one attached hydrogen (secondary N) is 1. The normalized spacial score (nSPS) is 12.0. The Balaban J connectivity index is 1.69. The number of thiophene rings is 1. The summed E-state index contributed by atoms with van der Waals surface area (Å²) in [6, 6.07) is 11.5. The molecule has 4 aromatic rings. The summed E-state index contributed by atoms with van der Waals surface area (Å²) in [4.78, 5) is 24.5. The van der Waals surface area contributed by atoms with Crippen molar-refractivity contribution < 1.29 is 4.42 Å². The lowest BCUT2D eigenvalue weighted by molar-refractivity contribution is 0.574. The Morgan fingerprint density at radius 2 is 2.04 bits per heavy atom. The predicted octanol–water partition coefficient (Wildman–Crippen LogP) is 4.20. The Morgan fingerprint density at radius 1 is 1.21 bits per heavy atom. The second kappa shape index (κ2) is 5.90. The van der Waals surface area contributed by atoms with Crippen LogP contribution in [0.1, 0.15) is 18.4 Å². The van der Waals surface area contributed by atoms with Gasteiger partial charge in [0.2, 0.25) is 5.89 Å². The summed E-state index contributed by atoms with van der Waals surface area (Å²) in [7, 11) is 0. The fourth-order valence-corrected chi connectivity index (χ4v) is 3.17. The largest absolute Gasteiger partial charge is 0.444 e. The topological polar surface area (TPSA) is 71.8 Å². The fraction of sp³-hybridized carbons (Fsp3) is 0.0556. The Labute approximate surface area is 141 Å². The first-order chi connectivity index (χ1) is 11.7. The molecule has 1 aromatic carbocycles. The molecule has 0 aliphatic heterocycles. The SMILES string of the molecule is C/C(=C\c1coc(-c2ccccc2)n1)c1nc2sccc2c(=O)[nH]1. The van der Waals surface area contributed by atoms with Crippen molar-refractivity contribution in [1.82, 2.24) is 15.0 Å². The maximum atomic E-state index is 12.1. The molecular weight excluding hydrogens is 322 g/mol. The van der Waals surface area contributed by atoms with Crippen LogP contribution in [0.25, 0.3) is 33.3 Å². The molecule has 0 spiro atoms. The molecule has 0 amide bonds. The van der Waals surface area contributed by atoms with Crippen molar-refractivity contribution in [1.29, 1.82) is 0 Å². The van der Waals surface area contributed by atoms with E-state index in [1.54, 1.807) is 12.3 Å². The van der Waals surface area contributed by atoms with Crippen molar-refractivity contribution in [3.63, 3.8) is 0 Å². The quantitative estimate of drug-likeness (QED) is 0.609. The molecule has 0 atom stereocenters. The number of oxazole rings is 1. The average molecular weight is 335 g/mol. The third-order valence-electron chi connectivity index (χ3n) is 3.62. The second-order valence-corrected chi connectivity index (χ2v) is 6.22. The Bertz CT molecular complexity index is 1090. The van der Waals surface area contributed by atoms with E-state index in [-0.39, 0.29) is 5.56 Å². The Morgan fingerprint density at radius 3 is 2.88 bits per heavy atom. The standard InChI is InChI=1S/C18H13N3O2S/c1-11(15-20-16(22)14-7-8-24-18(14)21-15)9-13-10-23-17(19-13)12-5-3-2-4-6-12/h2-10H,1H3,(H,20,21,22)/b11-9+. The maximum Gasteiger partial charge on any atom is 0.259 e. The van der Waals surface area contributed by atoms with Crippen LogP contribution in [-0.2, 0) is 0 Å². The summed E-state index contributed by atoms with van der Waals surface area (Å²) in [5, 5.41) is 2.48. The van der Waals surface area contributed by atoms with Crippen LogP contribution in [0.3, 0.4) is 0 Å². The summed E-state index contributed by atoms with van der Waals surface area (Å²) in [6.07, 6.45) is 3.43. The molecule has 0 fully saturated rings. The van der Waals surface area contributed by atoms with Crippen molar-refractivity contribution in [2.75, 3.05) is 0 Å². The highest BCUT2D eigenvalue weighted by molar-refractivity contribution is 7.16. The van der Waals surface area contributed by atoms with Crippen LogP contribution < -0.4 is 5.56 Å². The highest BCUT2D eigenvalue weighted by Gasteiger charge is 2.08. The summed E-state index contributed by atoms with van der Waals surface area (Å²) in [5.41, 5.74) is 2.28. The van der Waals surface area contributed by atoms with E-state index < -0.39 is 0 Å². The minimum Gasteiger partial charge on any atom is -0.444 e. The van der Waals surface area contributed by atoms with Crippen molar-refractivity contribution >= 4 is 33.2 Å². The maximum absolute atomic E-state index is 12.1. The smallest absolute Gasteiger partial charge is 0.259 e. The molecule has 0 bridgehead atoms. The average Bonchev–Trinajstić information content (AvgIpc) is 3.25. The molecule has 6 heteroatoms. The molecule has 0 saturated carbocycles. The molecule has 5 nitrogen and oxygen atoms in total. The fourth-order valence-electron chi connectivity index (χ4n) is 2.41. The van der Waals surface area contributed by atoms with Gasteiger partial charge in [0.1, 0.15) is 22.6 Å². The molecule has 4 rings (SSSR count). The number of H-pyrrole nitrogens is 1. The van der Waals surface area contributed by atoms with Crippen LogP contribution in [0, 0.1) is 0 Å². The second-order valence-electron chi connectivity index (χ2n) is 5.32.